The Kier molecular flexibility index (Phi) is 7.09. The van der Waals surface area contributed by atoms with Gasteiger partial charge >= 0.3 is 13.4 Å². The highest BCUT2D eigenvalue weighted by Gasteiger charge is 2.22. The molecule has 0 heterocycles. The molecule has 1 aliphatic rings. The van der Waals surface area contributed by atoms with Crippen LogP contribution in [0.2, 0.25) is 0 Å². The van der Waals surface area contributed by atoms with Crippen LogP contribution in [0.15, 0.2) is 71.3 Å². The number of carbonyl (C=O) groups excluding carboxylic acids is 2. The minimum absolute atomic E-state index is 0.230. The molecular weight excluding hydrogens is 409 g/mol. The Morgan fingerprint density at radius 1 is 1.27 bits per heavy atom. The molecule has 1 atom stereocenters. The number of rotatable bonds is 7. The predicted octanol–water partition coefficient (Wildman–Crippen LogP) is 4.28. The molecule has 26 heavy (non-hydrogen) atoms. The first-order valence-corrected chi connectivity index (χ1v) is 8.36. The molecule has 0 amide bonds. The molecule has 134 valence electrons. The van der Waals surface area contributed by atoms with Gasteiger partial charge < -0.3 is 9.39 Å². The van der Waals surface area contributed by atoms with Crippen LogP contribution in [0.1, 0.15) is 12.0 Å². The fourth-order valence-corrected chi connectivity index (χ4v) is 2.43. The van der Waals surface area contributed by atoms with E-state index in [4.69, 9.17) is 4.74 Å². The summed E-state index contributed by atoms with van der Waals surface area (Å²) in [6.07, 6.45) is 6.47. The van der Waals surface area contributed by atoms with Crippen molar-refractivity contribution in [3.8, 4) is 0 Å². The summed E-state index contributed by atoms with van der Waals surface area (Å²) >= 11 is 3.25. The summed E-state index contributed by atoms with van der Waals surface area (Å²) in [4.78, 5) is 23.5. The van der Waals surface area contributed by atoms with Crippen molar-refractivity contribution in [1.29, 1.82) is 0 Å². The summed E-state index contributed by atoms with van der Waals surface area (Å²) in [7, 11) is -3.06. The van der Waals surface area contributed by atoms with Crippen molar-refractivity contribution in [2.75, 3.05) is 0 Å². The smallest absolute Gasteiger partial charge is 0.505 e. The number of ether oxygens (including phenoxy) is 1. The minimum atomic E-state index is -3.06. The van der Waals surface area contributed by atoms with E-state index in [1.165, 1.54) is 6.08 Å². The lowest BCUT2D eigenvalue weighted by Crippen LogP contribution is -2.16. The third-order valence-corrected chi connectivity index (χ3v) is 3.91. The first kappa shape index (κ1) is 19.8. The predicted molar refractivity (Wildman–Crippen MR) is 98.1 cm³/mol. The molecule has 0 spiro atoms. The van der Waals surface area contributed by atoms with E-state index in [9.17, 15) is 18.2 Å². The van der Waals surface area contributed by atoms with Gasteiger partial charge in [0.15, 0.2) is 5.78 Å². The SMILES string of the molecule is C=CC(=O)OC1C=CC(C(=O)C=C(OB(F)F)c2ccc(Br)cc2)=CC1. The Bertz CT molecular complexity index is 785. The molecule has 0 radical (unpaired) electrons. The van der Waals surface area contributed by atoms with Gasteiger partial charge in [-0.3, -0.25) is 4.79 Å². The van der Waals surface area contributed by atoms with Gasteiger partial charge in [0.1, 0.15) is 11.9 Å². The van der Waals surface area contributed by atoms with Crippen molar-refractivity contribution in [2.24, 2.45) is 0 Å². The summed E-state index contributed by atoms with van der Waals surface area (Å²) in [6, 6.07) is 6.42. The molecule has 1 aliphatic carbocycles. The van der Waals surface area contributed by atoms with Crippen molar-refractivity contribution in [1.82, 2.24) is 0 Å². The highest BCUT2D eigenvalue weighted by Crippen LogP contribution is 2.22. The first-order valence-electron chi connectivity index (χ1n) is 7.57. The van der Waals surface area contributed by atoms with Crippen LogP contribution in [0, 0.1) is 0 Å². The fourth-order valence-electron chi connectivity index (χ4n) is 2.17. The van der Waals surface area contributed by atoms with Gasteiger partial charge in [-0.25, -0.2) is 13.4 Å². The molecule has 0 saturated carbocycles. The molecule has 0 saturated heterocycles. The number of benzene rings is 1. The number of allylic oxidation sites excluding steroid dienone is 3. The van der Waals surface area contributed by atoms with Crippen LogP contribution in [0.4, 0.5) is 8.63 Å². The average Bonchev–Trinajstić information content (AvgIpc) is 2.62. The normalized spacial score (nSPS) is 16.5. The van der Waals surface area contributed by atoms with Crippen molar-refractivity contribution >= 4 is 40.9 Å². The highest BCUT2D eigenvalue weighted by atomic mass is 79.9. The second kappa shape index (κ2) is 9.29. The van der Waals surface area contributed by atoms with Crippen molar-refractivity contribution in [3.63, 3.8) is 0 Å². The zero-order valence-electron chi connectivity index (χ0n) is 13.5. The van der Waals surface area contributed by atoms with Crippen LogP contribution in [-0.4, -0.2) is 25.3 Å². The average molecular weight is 423 g/mol. The monoisotopic (exact) mass is 422 g/mol. The third kappa shape index (κ3) is 5.80. The lowest BCUT2D eigenvalue weighted by molar-refractivity contribution is -0.140. The van der Waals surface area contributed by atoms with E-state index < -0.39 is 25.3 Å². The first-order chi connectivity index (χ1) is 12.4. The van der Waals surface area contributed by atoms with E-state index in [1.54, 1.807) is 36.4 Å². The molecule has 0 aliphatic heterocycles. The Labute approximate surface area is 158 Å². The van der Waals surface area contributed by atoms with E-state index in [0.717, 1.165) is 16.6 Å². The molecule has 0 bridgehead atoms. The Balaban J connectivity index is 2.15. The van der Waals surface area contributed by atoms with Crippen molar-refractivity contribution < 1.29 is 27.6 Å². The molecule has 1 unspecified atom stereocenters. The van der Waals surface area contributed by atoms with Gasteiger partial charge in [-0.1, -0.05) is 46.8 Å². The molecule has 0 fully saturated rings. The number of hydrogen-bond donors (Lipinski definition) is 0. The maximum atomic E-state index is 12.7. The zero-order valence-corrected chi connectivity index (χ0v) is 15.1. The second-order valence-electron chi connectivity index (χ2n) is 5.19. The van der Waals surface area contributed by atoms with Gasteiger partial charge in [-0.2, -0.15) is 0 Å². The minimum Gasteiger partial charge on any atom is -0.505 e. The summed E-state index contributed by atoms with van der Waals surface area (Å²) in [6.45, 7) is 3.31. The summed E-state index contributed by atoms with van der Waals surface area (Å²) in [5.41, 5.74) is 0.642. The third-order valence-electron chi connectivity index (χ3n) is 3.39. The van der Waals surface area contributed by atoms with E-state index in [1.807, 2.05) is 0 Å². The number of ketones is 1. The fraction of sp³-hybridized carbons (Fsp3) is 0.111. The summed E-state index contributed by atoms with van der Waals surface area (Å²) in [5.74, 6) is -1.29. The molecule has 0 N–H and O–H groups in total. The lowest BCUT2D eigenvalue weighted by Gasteiger charge is -2.15. The number of hydrogen-bond acceptors (Lipinski definition) is 4. The molecule has 1 aromatic rings. The van der Waals surface area contributed by atoms with Crippen LogP contribution in [0.25, 0.3) is 5.76 Å². The topological polar surface area (TPSA) is 52.6 Å². The molecule has 1 aromatic carbocycles. The van der Waals surface area contributed by atoms with Gasteiger partial charge in [0.05, 0.1) is 0 Å². The quantitative estimate of drug-likeness (QED) is 0.285. The number of halogens is 3. The van der Waals surface area contributed by atoms with Crippen LogP contribution < -0.4 is 0 Å². The van der Waals surface area contributed by atoms with Crippen LogP contribution in [0.3, 0.4) is 0 Å². The van der Waals surface area contributed by atoms with Gasteiger partial charge in [-0.15, -0.1) is 0 Å². The standard InChI is InChI=1S/C18H14BBrF2O4/c1-2-18(24)25-15-9-5-12(6-10-15)16(23)11-17(26-19(21)22)13-3-7-14(20)8-4-13/h2-9,11,15H,1,10H2. The van der Waals surface area contributed by atoms with E-state index in [2.05, 4.69) is 27.2 Å². The zero-order chi connectivity index (χ0) is 19.1. The maximum absolute atomic E-state index is 12.7. The number of carbonyl (C=O) groups is 2. The molecular formula is C18H14BBrF2O4. The van der Waals surface area contributed by atoms with Gasteiger partial charge in [0, 0.05) is 34.2 Å². The highest BCUT2D eigenvalue weighted by molar-refractivity contribution is 9.10. The van der Waals surface area contributed by atoms with Crippen LogP contribution in [0.5, 0.6) is 0 Å². The number of esters is 1. The Morgan fingerprint density at radius 3 is 2.50 bits per heavy atom. The molecule has 0 aromatic heterocycles. The molecule has 8 heteroatoms. The summed E-state index contributed by atoms with van der Waals surface area (Å²) < 4.78 is 35.7. The largest absolute Gasteiger partial charge is 0.796 e. The van der Waals surface area contributed by atoms with Crippen LogP contribution in [-0.2, 0) is 19.0 Å². The van der Waals surface area contributed by atoms with Crippen molar-refractivity contribution in [2.45, 2.75) is 12.5 Å². The molecule has 2 rings (SSSR count). The van der Waals surface area contributed by atoms with E-state index in [0.29, 0.717) is 17.6 Å². The van der Waals surface area contributed by atoms with Gasteiger partial charge in [0.2, 0.25) is 0 Å². The molecule has 4 nitrogen and oxygen atoms in total. The lowest BCUT2D eigenvalue weighted by atomic mass is 10.00. The van der Waals surface area contributed by atoms with Crippen molar-refractivity contribution in [3.05, 3.63) is 76.8 Å². The second-order valence-corrected chi connectivity index (χ2v) is 6.11. The van der Waals surface area contributed by atoms with Gasteiger partial charge in [-0.05, 0) is 18.2 Å². The van der Waals surface area contributed by atoms with Crippen LogP contribution >= 0.6 is 15.9 Å². The van der Waals surface area contributed by atoms with E-state index in [-0.39, 0.29) is 5.76 Å². The van der Waals surface area contributed by atoms with Gasteiger partial charge in [0.25, 0.3) is 0 Å². The maximum Gasteiger partial charge on any atom is 0.796 e. The Morgan fingerprint density at radius 2 is 1.96 bits per heavy atom. The summed E-state index contributed by atoms with van der Waals surface area (Å²) in [5, 5.41) is 0. The Hall–Kier alpha value is -2.48. The van der Waals surface area contributed by atoms with E-state index >= 15 is 0 Å².